The van der Waals surface area contributed by atoms with Crippen LogP contribution in [-0.4, -0.2) is 158 Å². The van der Waals surface area contributed by atoms with Gasteiger partial charge in [-0.2, -0.15) is 0 Å². The second-order valence-corrected chi connectivity index (χ2v) is 28.9. The minimum absolute atomic E-state index is 0.0136. The highest BCUT2D eigenvalue weighted by Crippen LogP contribution is 2.22. The van der Waals surface area contributed by atoms with Crippen molar-refractivity contribution in [2.24, 2.45) is 0 Å². The topological polar surface area (TPSA) is 210 Å². The molecular formula is C89H164O17. The summed E-state index contributed by atoms with van der Waals surface area (Å²) < 4.78 is 66.2. The molecule has 0 amide bonds. The third kappa shape index (κ3) is 75.7. The van der Waals surface area contributed by atoms with E-state index >= 15 is 0 Å². The van der Waals surface area contributed by atoms with E-state index in [9.17, 15) is 29.4 Å². The number of unbranched alkanes of at least 4 members (excludes halogenated alkanes) is 43. The van der Waals surface area contributed by atoms with Gasteiger partial charge >= 0.3 is 24.1 Å². The lowest BCUT2D eigenvalue weighted by molar-refractivity contribution is -0.205. The van der Waals surface area contributed by atoms with Crippen molar-refractivity contribution in [2.45, 2.75) is 399 Å². The molecule has 622 valence electrons. The molecule has 4 unspecified atom stereocenters. The summed E-state index contributed by atoms with van der Waals surface area (Å²) in [4.78, 5) is 52.2. The lowest BCUT2D eigenvalue weighted by Crippen LogP contribution is -2.53. The summed E-state index contributed by atoms with van der Waals surface area (Å²) >= 11 is 0. The van der Waals surface area contributed by atoms with Crippen LogP contribution in [0.3, 0.4) is 0 Å². The molecule has 4 atom stereocenters. The first-order valence-corrected chi connectivity index (χ1v) is 44.0. The van der Waals surface area contributed by atoms with Crippen LogP contribution < -0.4 is 0 Å². The Bertz CT molecular complexity index is 1960. The van der Waals surface area contributed by atoms with Crippen LogP contribution in [-0.2, 0) is 66.5 Å². The number of carbonyl (C=O) groups excluding carboxylic acids is 4. The minimum Gasteiger partial charge on any atom is -0.463 e. The summed E-state index contributed by atoms with van der Waals surface area (Å²) in [7, 11) is 0. The molecular weight excluding hydrogens is 1340 g/mol. The summed E-state index contributed by atoms with van der Waals surface area (Å²) in [5, 5.41) is 19.9. The van der Waals surface area contributed by atoms with Gasteiger partial charge in [0.15, 0.2) is 0 Å². The molecule has 0 rings (SSSR count). The molecule has 106 heavy (non-hydrogen) atoms. The number of aliphatic hydroxyl groups excluding tert-OH is 2. The van der Waals surface area contributed by atoms with Gasteiger partial charge in [-0.1, -0.05) is 275 Å². The standard InChI is InChI=1S/C89H164O17/c1-5-9-13-17-21-25-29-33-37-40-44-48-52-56-60-64-84(92)100-73-72-97-81-83(99-74-79-106-89(95)105-69-63-59-55-51-47-43-36-32-28-24-20-16-12-8-4)88(104-78-76-102-86(94)66-62-58-54-50-46-42-39-35-31-27-23-19-15-11-7-3)87(82(98-71-68-91)80-96-70-67-90)103-77-75-101-85(93)65-61-57-53-49-45-41-38-34-30-26-22-18-14-10-6-2/h33-39,43,82-83,87-88,90-91H,5-32,40-42,44-81H2,1-4H3/b37-33+,38-34+,39-35+,43-36+. The monoisotopic (exact) mass is 1510 g/mol. The summed E-state index contributed by atoms with van der Waals surface area (Å²) in [5.41, 5.74) is 0. The normalized spacial score (nSPS) is 13.0. The van der Waals surface area contributed by atoms with Crippen molar-refractivity contribution < 1.29 is 81.5 Å². The number of hydrogen-bond acceptors (Lipinski definition) is 17. The largest absolute Gasteiger partial charge is 0.508 e. The van der Waals surface area contributed by atoms with Gasteiger partial charge < -0.3 is 62.3 Å². The molecule has 2 N–H and O–H groups in total. The summed E-state index contributed by atoms with van der Waals surface area (Å²) in [6, 6.07) is 0. The molecule has 0 aromatic carbocycles. The van der Waals surface area contributed by atoms with Crippen LogP contribution in [0, 0.1) is 0 Å². The van der Waals surface area contributed by atoms with E-state index in [2.05, 4.69) is 76.3 Å². The first-order chi connectivity index (χ1) is 52.3. The highest BCUT2D eigenvalue weighted by Gasteiger charge is 2.39. The molecule has 0 fully saturated rings. The zero-order valence-electron chi connectivity index (χ0n) is 68.7. The molecule has 0 aliphatic carbocycles. The SMILES string of the molecule is CCCCCCCC/C=C/CCCCCCCC(=O)OCCOCC(OCCOC(=O)OCCCCCC/C=C/CCCCCCCC)C(OCCOC(=O)CCCCCCC/C=C/CCCCCCCC)C(OCCOC(=O)CCCCCCC/C=C/CCCCCCCC)C(COCCO)OCCO. The van der Waals surface area contributed by atoms with Crippen LogP contribution in [0.5, 0.6) is 0 Å². The number of ether oxygens (including phenoxy) is 11. The molecule has 0 radical (unpaired) electrons. The Morgan fingerprint density at radius 2 is 0.491 bits per heavy atom. The minimum atomic E-state index is -1.09. The van der Waals surface area contributed by atoms with Crippen molar-refractivity contribution in [1.82, 2.24) is 0 Å². The molecule has 0 aromatic rings. The Kier molecular flexibility index (Phi) is 83.9. The zero-order chi connectivity index (χ0) is 76.8. The Labute approximate surface area is 649 Å². The van der Waals surface area contributed by atoms with E-state index in [1.807, 2.05) is 0 Å². The van der Waals surface area contributed by atoms with Gasteiger partial charge in [-0.3, -0.25) is 14.4 Å². The van der Waals surface area contributed by atoms with Crippen molar-refractivity contribution >= 4 is 24.1 Å². The lowest BCUT2D eigenvalue weighted by atomic mass is 10.0. The van der Waals surface area contributed by atoms with Crippen LogP contribution in [0.15, 0.2) is 48.6 Å². The summed E-state index contributed by atoms with van der Waals surface area (Å²) in [6.07, 6.45) is 73.3. The van der Waals surface area contributed by atoms with E-state index in [4.69, 9.17) is 52.1 Å². The average Bonchev–Trinajstić information content (AvgIpc) is 0.843. The number of esters is 3. The third-order valence-electron chi connectivity index (χ3n) is 19.0. The van der Waals surface area contributed by atoms with Crippen molar-refractivity contribution in [3.05, 3.63) is 48.6 Å². The smallest absolute Gasteiger partial charge is 0.463 e. The van der Waals surface area contributed by atoms with Gasteiger partial charge in [-0.25, -0.2) is 4.79 Å². The number of rotatable bonds is 86. The van der Waals surface area contributed by atoms with Gasteiger partial charge in [0, 0.05) is 19.3 Å². The molecule has 17 heteroatoms. The van der Waals surface area contributed by atoms with Gasteiger partial charge in [-0.15, -0.1) is 0 Å². The van der Waals surface area contributed by atoms with E-state index in [0.29, 0.717) is 25.7 Å². The number of carbonyl (C=O) groups is 4. The van der Waals surface area contributed by atoms with E-state index in [-0.39, 0.29) is 130 Å². The molecule has 17 nitrogen and oxygen atoms in total. The fourth-order valence-corrected chi connectivity index (χ4v) is 12.6. The van der Waals surface area contributed by atoms with E-state index in [0.717, 1.165) is 154 Å². The summed E-state index contributed by atoms with van der Waals surface area (Å²) in [5.74, 6) is -0.988. The second-order valence-electron chi connectivity index (χ2n) is 28.9. The van der Waals surface area contributed by atoms with Crippen LogP contribution in [0.4, 0.5) is 4.79 Å². The van der Waals surface area contributed by atoms with Crippen LogP contribution >= 0.6 is 0 Å². The number of hydrogen-bond donors (Lipinski definition) is 2. The van der Waals surface area contributed by atoms with Gasteiger partial charge in [0.05, 0.1) is 72.7 Å². The van der Waals surface area contributed by atoms with E-state index in [1.54, 1.807) is 0 Å². The van der Waals surface area contributed by atoms with Crippen molar-refractivity contribution in [2.75, 3.05) is 99.1 Å². The molecule has 0 heterocycles. The highest BCUT2D eigenvalue weighted by atomic mass is 16.7. The van der Waals surface area contributed by atoms with Gasteiger partial charge in [0.1, 0.15) is 50.8 Å². The Hall–Kier alpha value is -3.68. The predicted octanol–water partition coefficient (Wildman–Crippen LogP) is 22.7. The maximum atomic E-state index is 13.2. The zero-order valence-corrected chi connectivity index (χ0v) is 68.7. The maximum Gasteiger partial charge on any atom is 0.508 e. The molecule has 0 aliphatic rings. The summed E-state index contributed by atoms with van der Waals surface area (Å²) in [6.45, 7) is 7.51. The maximum absolute atomic E-state index is 13.2. The van der Waals surface area contributed by atoms with Crippen LogP contribution in [0.1, 0.15) is 374 Å². The first kappa shape index (κ1) is 102. The predicted molar refractivity (Wildman–Crippen MR) is 434 cm³/mol. The van der Waals surface area contributed by atoms with Crippen LogP contribution in [0.25, 0.3) is 0 Å². The molecule has 0 aromatic heterocycles. The highest BCUT2D eigenvalue weighted by molar-refractivity contribution is 5.70. The Morgan fingerprint density at radius 1 is 0.245 bits per heavy atom. The number of allylic oxidation sites excluding steroid dienone is 8. The molecule has 0 saturated heterocycles. The van der Waals surface area contributed by atoms with Gasteiger partial charge in [-0.05, 0) is 128 Å². The number of aliphatic hydroxyl groups is 2. The Morgan fingerprint density at radius 3 is 0.811 bits per heavy atom. The van der Waals surface area contributed by atoms with Gasteiger partial charge in [0.25, 0.3) is 0 Å². The van der Waals surface area contributed by atoms with Crippen molar-refractivity contribution in [3.63, 3.8) is 0 Å². The molecule has 0 saturated carbocycles. The third-order valence-corrected chi connectivity index (χ3v) is 19.0. The van der Waals surface area contributed by atoms with E-state index in [1.165, 1.54) is 154 Å². The lowest BCUT2D eigenvalue weighted by Gasteiger charge is -2.37. The van der Waals surface area contributed by atoms with Gasteiger partial charge in [0.2, 0.25) is 0 Å². The quantitative estimate of drug-likeness (QED) is 0.0251. The fourth-order valence-electron chi connectivity index (χ4n) is 12.6. The molecule has 0 spiro atoms. The average molecular weight is 1510 g/mol. The Balaban J connectivity index is 6.22. The van der Waals surface area contributed by atoms with Crippen LogP contribution in [0.2, 0.25) is 0 Å². The second kappa shape index (κ2) is 86.9. The molecule has 0 aliphatic heterocycles. The fraction of sp³-hybridized carbons (Fsp3) is 0.865. The first-order valence-electron chi connectivity index (χ1n) is 44.0. The molecule has 0 bridgehead atoms. The van der Waals surface area contributed by atoms with Crippen molar-refractivity contribution in [1.29, 1.82) is 0 Å². The van der Waals surface area contributed by atoms with Crippen molar-refractivity contribution in [3.8, 4) is 0 Å². The van der Waals surface area contributed by atoms with E-state index < -0.39 is 30.6 Å².